The average Bonchev–Trinajstić information content (AvgIpc) is 2.79. The number of aryl methyl sites for hydroxylation is 2. The van der Waals surface area contributed by atoms with Crippen molar-refractivity contribution in [2.45, 2.75) is 19.9 Å². The van der Waals surface area contributed by atoms with E-state index in [0.29, 0.717) is 13.2 Å². The fraction of sp³-hybridized carbons (Fsp3) is 0.400. The van der Waals surface area contributed by atoms with Crippen LogP contribution in [0.4, 0.5) is 0 Å². The topological polar surface area (TPSA) is 43.4 Å². The number of fused-ring (bicyclic) bond motifs is 1. The van der Waals surface area contributed by atoms with Gasteiger partial charge in [0.2, 0.25) is 0 Å². The van der Waals surface area contributed by atoms with Crippen molar-refractivity contribution in [1.29, 1.82) is 0 Å². The number of aromatic nitrogens is 1. The van der Waals surface area contributed by atoms with Gasteiger partial charge in [0.15, 0.2) is 11.5 Å². The molecule has 0 amide bonds. The zero-order valence-corrected chi connectivity index (χ0v) is 12.7. The van der Waals surface area contributed by atoms with Gasteiger partial charge in [0.25, 0.3) is 0 Å². The Hall–Kier alpha value is -1.59. The molecule has 1 unspecified atom stereocenters. The molecule has 5 heteroatoms. The lowest BCUT2D eigenvalue weighted by Crippen LogP contribution is -2.19. The van der Waals surface area contributed by atoms with Gasteiger partial charge in [-0.2, -0.15) is 0 Å². The Labute approximate surface area is 122 Å². The van der Waals surface area contributed by atoms with Gasteiger partial charge in [-0.1, -0.05) is 6.07 Å². The summed E-state index contributed by atoms with van der Waals surface area (Å²) in [6, 6.07) is 6.17. The third-order valence-corrected chi connectivity index (χ3v) is 4.62. The van der Waals surface area contributed by atoms with Crippen LogP contribution in [0.5, 0.6) is 11.5 Å². The summed E-state index contributed by atoms with van der Waals surface area (Å²) >= 11 is 1.73. The van der Waals surface area contributed by atoms with Crippen LogP contribution >= 0.6 is 11.3 Å². The van der Waals surface area contributed by atoms with E-state index in [4.69, 9.17) is 9.47 Å². The van der Waals surface area contributed by atoms with Crippen LogP contribution in [0.3, 0.4) is 0 Å². The van der Waals surface area contributed by atoms with E-state index in [2.05, 4.69) is 23.3 Å². The molecule has 0 saturated heterocycles. The van der Waals surface area contributed by atoms with Crippen molar-refractivity contribution in [3.05, 3.63) is 39.3 Å². The van der Waals surface area contributed by atoms with Gasteiger partial charge in [-0.25, -0.2) is 4.98 Å². The number of benzene rings is 1. The van der Waals surface area contributed by atoms with E-state index in [-0.39, 0.29) is 6.04 Å². The number of rotatable bonds is 3. The van der Waals surface area contributed by atoms with E-state index >= 15 is 0 Å². The highest BCUT2D eigenvalue weighted by molar-refractivity contribution is 7.11. The molecule has 1 atom stereocenters. The van der Waals surface area contributed by atoms with Crippen LogP contribution in [0.1, 0.15) is 27.2 Å². The molecule has 4 nitrogen and oxygen atoms in total. The lowest BCUT2D eigenvalue weighted by molar-refractivity contribution is 0.171. The third kappa shape index (κ3) is 2.39. The number of ether oxygens (including phenoxy) is 2. The molecular formula is C15H18N2O2S. The fourth-order valence-corrected chi connectivity index (χ4v) is 3.35. The van der Waals surface area contributed by atoms with E-state index in [1.54, 1.807) is 11.3 Å². The SMILES string of the molecule is CNC(c1ccc2c(c1)OCCO2)c1nc(C)c(C)s1. The predicted molar refractivity (Wildman–Crippen MR) is 79.9 cm³/mol. The third-order valence-electron chi connectivity index (χ3n) is 3.48. The molecule has 20 heavy (non-hydrogen) atoms. The smallest absolute Gasteiger partial charge is 0.161 e. The Bertz CT molecular complexity index is 605. The number of nitrogens with one attached hydrogen (secondary N) is 1. The summed E-state index contributed by atoms with van der Waals surface area (Å²) in [4.78, 5) is 5.92. The first-order valence-electron chi connectivity index (χ1n) is 6.70. The van der Waals surface area contributed by atoms with E-state index in [1.165, 1.54) is 4.88 Å². The molecule has 1 aliphatic heterocycles. The lowest BCUT2D eigenvalue weighted by atomic mass is 10.1. The van der Waals surface area contributed by atoms with Crippen LogP contribution in [-0.2, 0) is 0 Å². The Morgan fingerprint density at radius 2 is 1.95 bits per heavy atom. The number of hydrogen-bond acceptors (Lipinski definition) is 5. The summed E-state index contributed by atoms with van der Waals surface area (Å²) in [6.45, 7) is 5.38. The van der Waals surface area contributed by atoms with E-state index < -0.39 is 0 Å². The van der Waals surface area contributed by atoms with Crippen LogP contribution < -0.4 is 14.8 Å². The molecular weight excluding hydrogens is 272 g/mol. The van der Waals surface area contributed by atoms with Gasteiger partial charge in [-0.3, -0.25) is 0 Å². The minimum atomic E-state index is 0.0863. The van der Waals surface area contributed by atoms with E-state index in [1.807, 2.05) is 26.1 Å². The summed E-state index contributed by atoms with van der Waals surface area (Å²) in [5, 5.41) is 4.42. The van der Waals surface area contributed by atoms with Gasteiger partial charge in [-0.15, -0.1) is 11.3 Å². The van der Waals surface area contributed by atoms with Gasteiger partial charge < -0.3 is 14.8 Å². The molecule has 1 aromatic carbocycles. The van der Waals surface area contributed by atoms with Crippen LogP contribution in [0.15, 0.2) is 18.2 Å². The molecule has 0 radical (unpaired) electrons. The van der Waals surface area contributed by atoms with Crippen molar-refractivity contribution in [3.63, 3.8) is 0 Å². The molecule has 2 aromatic rings. The molecule has 3 rings (SSSR count). The van der Waals surface area contributed by atoms with Gasteiger partial charge in [0.1, 0.15) is 18.2 Å². The van der Waals surface area contributed by atoms with Crippen molar-refractivity contribution in [2.24, 2.45) is 0 Å². The maximum absolute atomic E-state index is 5.65. The number of hydrogen-bond donors (Lipinski definition) is 1. The van der Waals surface area contributed by atoms with Gasteiger partial charge in [-0.05, 0) is 38.6 Å². The highest BCUT2D eigenvalue weighted by Crippen LogP contribution is 2.35. The molecule has 1 aliphatic rings. The zero-order chi connectivity index (χ0) is 14.1. The van der Waals surface area contributed by atoms with Crippen LogP contribution in [0, 0.1) is 13.8 Å². The second kappa shape index (κ2) is 5.42. The first-order chi connectivity index (χ1) is 9.69. The van der Waals surface area contributed by atoms with Crippen LogP contribution in [0.25, 0.3) is 0 Å². The largest absolute Gasteiger partial charge is 0.486 e. The minimum absolute atomic E-state index is 0.0863. The molecule has 0 fully saturated rings. The first-order valence-corrected chi connectivity index (χ1v) is 7.51. The fourth-order valence-electron chi connectivity index (χ4n) is 2.29. The highest BCUT2D eigenvalue weighted by atomic mass is 32.1. The lowest BCUT2D eigenvalue weighted by Gasteiger charge is -2.21. The first kappa shape index (κ1) is 13.4. The summed E-state index contributed by atoms with van der Waals surface area (Å²) in [7, 11) is 1.95. The Morgan fingerprint density at radius 3 is 2.60 bits per heavy atom. The maximum atomic E-state index is 5.65. The average molecular weight is 290 g/mol. The van der Waals surface area contributed by atoms with Crippen molar-refractivity contribution >= 4 is 11.3 Å². The number of thiazole rings is 1. The summed E-state index contributed by atoms with van der Waals surface area (Å²) in [6.07, 6.45) is 0. The van der Waals surface area contributed by atoms with Crippen molar-refractivity contribution < 1.29 is 9.47 Å². The maximum Gasteiger partial charge on any atom is 0.161 e. The van der Waals surface area contributed by atoms with Crippen LogP contribution in [0.2, 0.25) is 0 Å². The minimum Gasteiger partial charge on any atom is -0.486 e. The molecule has 1 N–H and O–H groups in total. The number of nitrogens with zero attached hydrogens (tertiary/aromatic N) is 1. The zero-order valence-electron chi connectivity index (χ0n) is 11.9. The van der Waals surface area contributed by atoms with Crippen LogP contribution in [-0.4, -0.2) is 25.2 Å². The molecule has 1 aromatic heterocycles. The molecule has 0 saturated carbocycles. The second-order valence-corrected chi connectivity index (χ2v) is 6.05. The van der Waals surface area contributed by atoms with E-state index in [0.717, 1.165) is 27.8 Å². The second-order valence-electron chi connectivity index (χ2n) is 4.82. The van der Waals surface area contributed by atoms with Crippen molar-refractivity contribution in [3.8, 4) is 11.5 Å². The Balaban J connectivity index is 1.96. The standard InChI is InChI=1S/C15H18N2O2S/c1-9-10(2)20-15(17-9)14(16-3)11-4-5-12-13(8-11)19-7-6-18-12/h4-5,8,14,16H,6-7H2,1-3H3. The Kier molecular flexibility index (Phi) is 3.63. The van der Waals surface area contributed by atoms with Gasteiger partial charge in [0.05, 0.1) is 11.7 Å². The Morgan fingerprint density at radius 1 is 1.20 bits per heavy atom. The summed E-state index contributed by atoms with van der Waals surface area (Å²) in [5.41, 5.74) is 2.24. The van der Waals surface area contributed by atoms with Gasteiger partial charge >= 0.3 is 0 Å². The predicted octanol–water partition coefficient (Wildman–Crippen LogP) is 2.84. The molecule has 0 spiro atoms. The molecule has 0 bridgehead atoms. The monoisotopic (exact) mass is 290 g/mol. The quantitative estimate of drug-likeness (QED) is 0.944. The molecule has 0 aliphatic carbocycles. The summed E-state index contributed by atoms with van der Waals surface area (Å²) < 4.78 is 11.2. The van der Waals surface area contributed by atoms with Crippen molar-refractivity contribution in [2.75, 3.05) is 20.3 Å². The molecule has 106 valence electrons. The highest BCUT2D eigenvalue weighted by Gasteiger charge is 2.20. The van der Waals surface area contributed by atoms with Gasteiger partial charge in [0, 0.05) is 4.88 Å². The van der Waals surface area contributed by atoms with E-state index in [9.17, 15) is 0 Å². The normalized spacial score (nSPS) is 15.2. The summed E-state index contributed by atoms with van der Waals surface area (Å²) in [5.74, 6) is 1.64. The molecule has 2 heterocycles. The van der Waals surface area contributed by atoms with Crippen molar-refractivity contribution in [1.82, 2.24) is 10.3 Å².